The number of nitrogens with one attached hydrogen (secondary N) is 1. The van der Waals surface area contributed by atoms with Crippen LogP contribution in [0.25, 0.3) is 0 Å². The smallest absolute Gasteiger partial charge is 0.330 e. The highest BCUT2D eigenvalue weighted by Crippen LogP contribution is 2.01. The van der Waals surface area contributed by atoms with Crippen molar-refractivity contribution in [3.8, 4) is 0 Å². The Morgan fingerprint density at radius 1 is 1.30 bits per heavy atom. The van der Waals surface area contributed by atoms with Crippen LogP contribution in [0.15, 0.2) is 15.7 Å². The van der Waals surface area contributed by atoms with Gasteiger partial charge in [-0.3, -0.25) is 13.9 Å². The predicted octanol–water partition coefficient (Wildman–Crippen LogP) is -1.50. The molecule has 1 aliphatic rings. The number of nitrogens with zero attached hydrogens (tertiary/aromatic N) is 3. The molecule has 1 aromatic rings. The van der Waals surface area contributed by atoms with Crippen LogP contribution in [-0.4, -0.2) is 53.4 Å². The van der Waals surface area contributed by atoms with Crippen LogP contribution in [0.3, 0.4) is 0 Å². The normalized spacial score (nSPS) is 20.2. The highest BCUT2D eigenvalue weighted by molar-refractivity contribution is 5.01. The van der Waals surface area contributed by atoms with Gasteiger partial charge in [0.2, 0.25) is 0 Å². The third-order valence-corrected chi connectivity index (χ3v) is 3.65. The van der Waals surface area contributed by atoms with E-state index >= 15 is 0 Å². The van der Waals surface area contributed by atoms with E-state index in [0.717, 1.165) is 24.3 Å². The largest absolute Gasteiger partial charge is 0.374 e. The molecule has 1 N–H and O–H groups in total. The van der Waals surface area contributed by atoms with Crippen molar-refractivity contribution < 1.29 is 4.74 Å². The molecule has 112 valence electrons. The fourth-order valence-corrected chi connectivity index (χ4v) is 2.30. The topological polar surface area (TPSA) is 68.5 Å². The molecule has 0 unspecified atom stereocenters. The average Bonchev–Trinajstić information content (AvgIpc) is 2.42. The van der Waals surface area contributed by atoms with Crippen LogP contribution in [-0.2, 0) is 25.4 Å². The first kappa shape index (κ1) is 15.0. The molecular formula is C13H22N4O3. The molecule has 2 rings (SSSR count). The van der Waals surface area contributed by atoms with E-state index in [9.17, 15) is 9.59 Å². The molecule has 20 heavy (non-hydrogen) atoms. The van der Waals surface area contributed by atoms with Gasteiger partial charge >= 0.3 is 5.69 Å². The van der Waals surface area contributed by atoms with E-state index in [0.29, 0.717) is 18.8 Å². The van der Waals surface area contributed by atoms with Crippen molar-refractivity contribution in [2.24, 2.45) is 14.1 Å². The summed E-state index contributed by atoms with van der Waals surface area (Å²) in [5.74, 6) is 0. The molecule has 1 fully saturated rings. The second kappa shape index (κ2) is 6.34. The number of ether oxygens (including phenoxy) is 1. The Bertz CT molecular complexity index is 578. The zero-order valence-corrected chi connectivity index (χ0v) is 12.3. The van der Waals surface area contributed by atoms with Gasteiger partial charge in [-0.15, -0.1) is 0 Å². The van der Waals surface area contributed by atoms with Gasteiger partial charge in [-0.1, -0.05) is 0 Å². The van der Waals surface area contributed by atoms with Gasteiger partial charge in [0.15, 0.2) is 0 Å². The predicted molar refractivity (Wildman–Crippen MR) is 75.9 cm³/mol. The summed E-state index contributed by atoms with van der Waals surface area (Å²) in [4.78, 5) is 25.6. The van der Waals surface area contributed by atoms with Crippen LogP contribution in [0.5, 0.6) is 0 Å². The lowest BCUT2D eigenvalue weighted by molar-refractivity contribution is -0.0182. The fourth-order valence-electron chi connectivity index (χ4n) is 2.30. The number of aromatic nitrogens is 2. The summed E-state index contributed by atoms with van der Waals surface area (Å²) >= 11 is 0. The van der Waals surface area contributed by atoms with Crippen molar-refractivity contribution in [1.29, 1.82) is 0 Å². The van der Waals surface area contributed by atoms with Crippen LogP contribution in [0.1, 0.15) is 5.69 Å². The van der Waals surface area contributed by atoms with Crippen LogP contribution in [0, 0.1) is 0 Å². The van der Waals surface area contributed by atoms with E-state index in [2.05, 4.69) is 17.3 Å². The number of hydrogen-bond acceptors (Lipinski definition) is 5. The average molecular weight is 282 g/mol. The SMILES string of the molecule is CN1CCO[C@H](CNCc2cc(=O)n(C)c(=O)n2C)C1. The quantitative estimate of drug-likeness (QED) is 0.728. The van der Waals surface area contributed by atoms with Gasteiger partial charge in [0.05, 0.1) is 12.7 Å². The molecule has 0 saturated carbocycles. The summed E-state index contributed by atoms with van der Waals surface area (Å²) in [6.45, 7) is 3.77. The number of rotatable bonds is 4. The van der Waals surface area contributed by atoms with Crippen LogP contribution in [0.2, 0.25) is 0 Å². The minimum absolute atomic E-state index is 0.150. The maximum Gasteiger partial charge on any atom is 0.330 e. The third-order valence-electron chi connectivity index (χ3n) is 3.65. The van der Waals surface area contributed by atoms with E-state index in [1.165, 1.54) is 17.7 Å². The van der Waals surface area contributed by atoms with Gasteiger partial charge < -0.3 is 15.0 Å². The Kier molecular flexibility index (Phi) is 4.74. The molecule has 0 bridgehead atoms. The van der Waals surface area contributed by atoms with E-state index in [-0.39, 0.29) is 17.4 Å². The Hall–Kier alpha value is -1.44. The second-order valence-electron chi connectivity index (χ2n) is 5.26. The van der Waals surface area contributed by atoms with Crippen molar-refractivity contribution in [3.63, 3.8) is 0 Å². The molecule has 7 heteroatoms. The lowest BCUT2D eigenvalue weighted by Gasteiger charge is -2.30. The zero-order valence-electron chi connectivity index (χ0n) is 12.3. The molecule has 0 radical (unpaired) electrons. The summed E-state index contributed by atoms with van der Waals surface area (Å²) in [6, 6.07) is 1.49. The van der Waals surface area contributed by atoms with Crippen LogP contribution < -0.4 is 16.6 Å². The summed E-state index contributed by atoms with van der Waals surface area (Å²) in [7, 11) is 5.22. The van der Waals surface area contributed by atoms with Crippen molar-refractivity contribution >= 4 is 0 Å². The molecular weight excluding hydrogens is 260 g/mol. The van der Waals surface area contributed by atoms with E-state index in [4.69, 9.17) is 4.74 Å². The molecule has 0 spiro atoms. The van der Waals surface area contributed by atoms with Gasteiger partial charge in [0.1, 0.15) is 0 Å². The molecule has 2 heterocycles. The second-order valence-corrected chi connectivity index (χ2v) is 5.26. The number of hydrogen-bond donors (Lipinski definition) is 1. The van der Waals surface area contributed by atoms with E-state index < -0.39 is 0 Å². The first-order chi connectivity index (χ1) is 9.49. The highest BCUT2D eigenvalue weighted by Gasteiger charge is 2.17. The molecule has 1 aliphatic heterocycles. The maximum absolute atomic E-state index is 11.8. The van der Waals surface area contributed by atoms with Crippen molar-refractivity contribution in [2.75, 3.05) is 33.3 Å². The van der Waals surface area contributed by atoms with Crippen LogP contribution >= 0.6 is 0 Å². The number of likely N-dealkylation sites (N-methyl/N-ethyl adjacent to an activating group) is 1. The van der Waals surface area contributed by atoms with E-state index in [1.807, 2.05) is 0 Å². The summed E-state index contributed by atoms with van der Waals surface area (Å²) in [5, 5.41) is 3.25. The molecule has 0 amide bonds. The number of morpholine rings is 1. The van der Waals surface area contributed by atoms with Gasteiger partial charge in [-0.05, 0) is 7.05 Å². The highest BCUT2D eigenvalue weighted by atomic mass is 16.5. The fraction of sp³-hybridized carbons (Fsp3) is 0.692. The maximum atomic E-state index is 11.8. The lowest BCUT2D eigenvalue weighted by Crippen LogP contribution is -2.45. The van der Waals surface area contributed by atoms with Crippen molar-refractivity contribution in [2.45, 2.75) is 12.6 Å². The van der Waals surface area contributed by atoms with Crippen LogP contribution in [0.4, 0.5) is 0 Å². The van der Waals surface area contributed by atoms with Gasteiger partial charge in [-0.2, -0.15) is 0 Å². The Balaban J connectivity index is 1.95. The minimum atomic E-state index is -0.303. The molecule has 1 atom stereocenters. The molecule has 7 nitrogen and oxygen atoms in total. The molecule has 0 aliphatic carbocycles. The van der Waals surface area contributed by atoms with Gasteiger partial charge in [0, 0.05) is 52.0 Å². The van der Waals surface area contributed by atoms with Crippen molar-refractivity contribution in [3.05, 3.63) is 32.6 Å². The van der Waals surface area contributed by atoms with Gasteiger partial charge in [-0.25, -0.2) is 4.79 Å². The summed E-state index contributed by atoms with van der Waals surface area (Å²) in [5.41, 5.74) is 0.101. The standard InChI is InChI=1S/C13H22N4O3/c1-15-4-5-20-11(9-15)8-14-7-10-6-12(18)17(3)13(19)16(10)2/h6,11,14H,4-5,7-9H2,1-3H3/t11-/m1/s1. The Morgan fingerprint density at radius 2 is 2.05 bits per heavy atom. The zero-order chi connectivity index (χ0) is 14.7. The third kappa shape index (κ3) is 3.36. The van der Waals surface area contributed by atoms with Gasteiger partial charge in [0.25, 0.3) is 5.56 Å². The Morgan fingerprint density at radius 3 is 2.75 bits per heavy atom. The molecule has 1 saturated heterocycles. The lowest BCUT2D eigenvalue weighted by atomic mass is 10.2. The molecule has 1 aromatic heterocycles. The van der Waals surface area contributed by atoms with Crippen molar-refractivity contribution in [1.82, 2.24) is 19.4 Å². The van der Waals surface area contributed by atoms with E-state index in [1.54, 1.807) is 7.05 Å². The monoisotopic (exact) mass is 282 g/mol. The minimum Gasteiger partial charge on any atom is -0.374 e. The first-order valence-electron chi connectivity index (χ1n) is 6.76. The summed E-state index contributed by atoms with van der Waals surface area (Å²) < 4.78 is 8.23. The Labute approximate surface area is 117 Å². The molecule has 0 aromatic carbocycles. The summed E-state index contributed by atoms with van der Waals surface area (Å²) in [6.07, 6.45) is 0.150. The first-order valence-corrected chi connectivity index (χ1v) is 6.76.